The van der Waals surface area contributed by atoms with Crippen molar-refractivity contribution in [1.29, 1.82) is 0 Å². The molecule has 2 heterocycles. The van der Waals surface area contributed by atoms with E-state index in [2.05, 4.69) is 5.32 Å². The van der Waals surface area contributed by atoms with Gasteiger partial charge in [0.05, 0.1) is 5.69 Å². The highest BCUT2D eigenvalue weighted by atomic mass is 32.1. The van der Waals surface area contributed by atoms with Gasteiger partial charge in [-0.25, -0.2) is 4.39 Å². The van der Waals surface area contributed by atoms with Crippen molar-refractivity contribution in [3.8, 4) is 11.3 Å². The summed E-state index contributed by atoms with van der Waals surface area (Å²) in [5.74, 6) is -0.655. The Balaban J connectivity index is 1.70. The fourth-order valence-electron chi connectivity index (χ4n) is 3.20. The first kappa shape index (κ1) is 19.7. The summed E-state index contributed by atoms with van der Waals surface area (Å²) in [6.45, 7) is 3.83. The minimum absolute atomic E-state index is 0.0299. The van der Waals surface area contributed by atoms with Crippen LogP contribution in [-0.4, -0.2) is 16.9 Å². The Morgan fingerprint density at radius 1 is 1.03 bits per heavy atom. The number of furan rings is 1. The van der Waals surface area contributed by atoms with Crippen LogP contribution in [0.25, 0.3) is 17.4 Å². The highest BCUT2D eigenvalue weighted by Crippen LogP contribution is 2.28. The molecular formula is C23H17FN2O3S. The van der Waals surface area contributed by atoms with E-state index >= 15 is 0 Å². The first-order chi connectivity index (χ1) is 14.3. The Kier molecular flexibility index (Phi) is 5.05. The molecule has 1 fully saturated rings. The van der Waals surface area contributed by atoms with E-state index in [0.717, 1.165) is 11.1 Å². The van der Waals surface area contributed by atoms with Crippen LogP contribution < -0.4 is 10.2 Å². The van der Waals surface area contributed by atoms with E-state index in [-0.39, 0.29) is 16.5 Å². The quantitative estimate of drug-likeness (QED) is 0.384. The number of hydrogen-bond acceptors (Lipinski definition) is 4. The molecule has 0 atom stereocenters. The van der Waals surface area contributed by atoms with E-state index in [1.165, 1.54) is 23.1 Å². The van der Waals surface area contributed by atoms with Gasteiger partial charge in [0.2, 0.25) is 0 Å². The molecule has 0 aliphatic carbocycles. The second-order valence-corrected chi connectivity index (χ2v) is 7.27. The lowest BCUT2D eigenvalue weighted by Crippen LogP contribution is -2.54. The molecule has 1 aliphatic rings. The molecular weight excluding hydrogens is 403 g/mol. The zero-order valence-corrected chi connectivity index (χ0v) is 17.0. The van der Waals surface area contributed by atoms with Gasteiger partial charge in [-0.15, -0.1) is 0 Å². The number of halogens is 1. The van der Waals surface area contributed by atoms with Crippen LogP contribution in [0, 0.1) is 19.7 Å². The summed E-state index contributed by atoms with van der Waals surface area (Å²) in [5, 5.41) is 2.60. The predicted octanol–water partition coefficient (Wildman–Crippen LogP) is 4.53. The Hall–Kier alpha value is -3.58. The lowest BCUT2D eigenvalue weighted by molar-refractivity contribution is -0.122. The van der Waals surface area contributed by atoms with Crippen LogP contribution in [0.1, 0.15) is 16.9 Å². The topological polar surface area (TPSA) is 62.6 Å². The Bertz CT molecular complexity index is 1210. The number of nitrogens with one attached hydrogen (secondary N) is 1. The second kappa shape index (κ2) is 7.68. The normalized spacial score (nSPS) is 15.6. The Morgan fingerprint density at radius 2 is 1.77 bits per heavy atom. The largest absolute Gasteiger partial charge is 0.457 e. The number of carbonyl (C=O) groups excluding carboxylic acids is 2. The maximum absolute atomic E-state index is 13.2. The molecule has 1 saturated heterocycles. The number of hydrogen-bond donors (Lipinski definition) is 1. The van der Waals surface area contributed by atoms with Gasteiger partial charge < -0.3 is 4.42 Å². The van der Waals surface area contributed by atoms with Crippen molar-refractivity contribution in [2.24, 2.45) is 0 Å². The third-order valence-corrected chi connectivity index (χ3v) is 5.25. The van der Waals surface area contributed by atoms with Crippen molar-refractivity contribution >= 4 is 40.9 Å². The van der Waals surface area contributed by atoms with E-state index in [0.29, 0.717) is 22.8 Å². The van der Waals surface area contributed by atoms with Crippen molar-refractivity contribution in [1.82, 2.24) is 5.32 Å². The van der Waals surface area contributed by atoms with Crippen LogP contribution in [0.3, 0.4) is 0 Å². The molecule has 3 aromatic rings. The molecule has 1 aliphatic heterocycles. The zero-order valence-electron chi connectivity index (χ0n) is 16.2. The van der Waals surface area contributed by atoms with E-state index in [1.807, 2.05) is 26.0 Å². The Morgan fingerprint density at radius 3 is 2.50 bits per heavy atom. The molecule has 2 aromatic carbocycles. The van der Waals surface area contributed by atoms with Crippen LogP contribution in [0.4, 0.5) is 10.1 Å². The summed E-state index contributed by atoms with van der Waals surface area (Å²) >= 11 is 5.25. The van der Waals surface area contributed by atoms with E-state index in [9.17, 15) is 14.0 Å². The lowest BCUT2D eigenvalue weighted by atomic mass is 10.0. The maximum Gasteiger partial charge on any atom is 0.270 e. The van der Waals surface area contributed by atoms with Gasteiger partial charge in [-0.3, -0.25) is 19.8 Å². The molecule has 7 heteroatoms. The minimum Gasteiger partial charge on any atom is -0.457 e. The van der Waals surface area contributed by atoms with Gasteiger partial charge in [0.1, 0.15) is 22.9 Å². The fraction of sp³-hybridized carbons (Fsp3) is 0.0870. The van der Waals surface area contributed by atoms with Gasteiger partial charge in [-0.2, -0.15) is 0 Å². The van der Waals surface area contributed by atoms with E-state index in [4.69, 9.17) is 16.6 Å². The number of carbonyl (C=O) groups is 2. The van der Waals surface area contributed by atoms with Crippen molar-refractivity contribution < 1.29 is 18.4 Å². The number of anilines is 1. The summed E-state index contributed by atoms with van der Waals surface area (Å²) in [5.41, 5.74) is 3.09. The van der Waals surface area contributed by atoms with Crippen molar-refractivity contribution in [2.45, 2.75) is 13.8 Å². The summed E-state index contributed by atoms with van der Waals surface area (Å²) in [7, 11) is 0. The van der Waals surface area contributed by atoms with Gasteiger partial charge in [0.15, 0.2) is 5.11 Å². The highest BCUT2D eigenvalue weighted by molar-refractivity contribution is 7.80. The third-order valence-electron chi connectivity index (χ3n) is 4.96. The fourth-order valence-corrected chi connectivity index (χ4v) is 3.47. The SMILES string of the molecule is Cc1cccc(N2C(=O)C(=Cc3ccc(-c4ccc(F)cc4)o3)C(=O)NC2=S)c1C. The van der Waals surface area contributed by atoms with Gasteiger partial charge in [-0.05, 0) is 85.7 Å². The molecule has 2 amide bonds. The molecule has 0 bridgehead atoms. The molecule has 0 radical (unpaired) electrons. The molecule has 1 N–H and O–H groups in total. The van der Waals surface area contributed by atoms with Gasteiger partial charge >= 0.3 is 0 Å². The van der Waals surface area contributed by atoms with Crippen LogP contribution in [0.15, 0.2) is 64.6 Å². The van der Waals surface area contributed by atoms with Crippen molar-refractivity contribution in [2.75, 3.05) is 4.90 Å². The Labute approximate surface area is 177 Å². The van der Waals surface area contributed by atoms with Gasteiger partial charge in [0, 0.05) is 5.56 Å². The number of rotatable bonds is 3. The second-order valence-electron chi connectivity index (χ2n) is 6.89. The molecule has 5 nitrogen and oxygen atoms in total. The van der Waals surface area contributed by atoms with Crippen LogP contribution in [0.5, 0.6) is 0 Å². The molecule has 0 unspecified atom stereocenters. The molecule has 4 rings (SSSR count). The van der Waals surface area contributed by atoms with Gasteiger partial charge in [-0.1, -0.05) is 12.1 Å². The standard InChI is InChI=1S/C23H17FN2O3S/c1-13-4-3-5-19(14(13)2)26-22(28)18(21(27)25-23(26)30)12-17-10-11-20(29-17)15-6-8-16(24)9-7-15/h3-12H,1-2H3,(H,25,27,30). The number of aryl methyl sites for hydroxylation is 1. The summed E-state index contributed by atoms with van der Waals surface area (Å²) in [4.78, 5) is 26.9. The minimum atomic E-state index is -0.591. The number of nitrogens with zero attached hydrogens (tertiary/aromatic N) is 1. The maximum atomic E-state index is 13.2. The van der Waals surface area contributed by atoms with E-state index < -0.39 is 11.8 Å². The van der Waals surface area contributed by atoms with E-state index in [1.54, 1.807) is 30.3 Å². The lowest BCUT2D eigenvalue weighted by Gasteiger charge is -2.30. The molecule has 150 valence electrons. The summed E-state index contributed by atoms with van der Waals surface area (Å²) in [6.07, 6.45) is 1.38. The average Bonchev–Trinajstić information content (AvgIpc) is 3.17. The zero-order chi connectivity index (χ0) is 21.4. The number of thiocarbonyl (C=S) groups is 1. The van der Waals surface area contributed by atoms with Gasteiger partial charge in [0.25, 0.3) is 11.8 Å². The smallest absolute Gasteiger partial charge is 0.270 e. The first-order valence-corrected chi connectivity index (χ1v) is 9.59. The molecule has 0 spiro atoms. The highest BCUT2D eigenvalue weighted by Gasteiger charge is 2.35. The number of amides is 2. The summed E-state index contributed by atoms with van der Waals surface area (Å²) in [6, 6.07) is 14.7. The van der Waals surface area contributed by atoms with Crippen LogP contribution in [-0.2, 0) is 9.59 Å². The predicted molar refractivity (Wildman–Crippen MR) is 116 cm³/mol. The molecule has 30 heavy (non-hydrogen) atoms. The van der Waals surface area contributed by atoms with Crippen LogP contribution >= 0.6 is 12.2 Å². The van der Waals surface area contributed by atoms with Crippen molar-refractivity contribution in [3.05, 3.63) is 82.9 Å². The monoisotopic (exact) mass is 420 g/mol. The average molecular weight is 420 g/mol. The third kappa shape index (κ3) is 3.55. The van der Waals surface area contributed by atoms with Crippen LogP contribution in [0.2, 0.25) is 0 Å². The summed E-state index contributed by atoms with van der Waals surface area (Å²) < 4.78 is 18.9. The molecule has 1 aromatic heterocycles. The number of benzene rings is 2. The first-order valence-electron chi connectivity index (χ1n) is 9.18. The molecule has 0 saturated carbocycles. The van der Waals surface area contributed by atoms with Crippen molar-refractivity contribution in [3.63, 3.8) is 0 Å².